The van der Waals surface area contributed by atoms with Crippen LogP contribution >= 0.6 is 24.0 Å². The van der Waals surface area contributed by atoms with Crippen LogP contribution < -0.4 is 10.6 Å². The first-order chi connectivity index (χ1) is 12.2. The van der Waals surface area contributed by atoms with Crippen molar-refractivity contribution < 1.29 is 8.81 Å². The lowest BCUT2D eigenvalue weighted by molar-refractivity contribution is 0.481. The average molecular weight is 474 g/mol. The van der Waals surface area contributed by atoms with Gasteiger partial charge in [0, 0.05) is 32.1 Å². The summed E-state index contributed by atoms with van der Waals surface area (Å²) < 4.78 is 18.4. The second kappa shape index (κ2) is 11.9. The van der Waals surface area contributed by atoms with Crippen LogP contribution in [-0.2, 0) is 6.42 Å². The van der Waals surface area contributed by atoms with Crippen molar-refractivity contribution in [3.8, 4) is 11.5 Å². The van der Waals surface area contributed by atoms with Crippen LogP contribution in [0.25, 0.3) is 11.5 Å². The van der Waals surface area contributed by atoms with Gasteiger partial charge in [-0.1, -0.05) is 26.7 Å². The average Bonchev–Trinajstić information content (AvgIpc) is 3.10. The number of hydrogen-bond donors (Lipinski definition) is 2. The quantitative estimate of drug-likeness (QED) is 0.341. The van der Waals surface area contributed by atoms with Gasteiger partial charge in [-0.3, -0.25) is 4.99 Å². The number of aromatic nitrogens is 1. The molecule has 5 nitrogen and oxygen atoms in total. The molecule has 1 aromatic carbocycles. The van der Waals surface area contributed by atoms with Gasteiger partial charge >= 0.3 is 0 Å². The molecule has 1 aromatic heterocycles. The number of oxazole rings is 1. The highest BCUT2D eigenvalue weighted by molar-refractivity contribution is 14.0. The van der Waals surface area contributed by atoms with Gasteiger partial charge in [-0.25, -0.2) is 9.37 Å². The van der Waals surface area contributed by atoms with Gasteiger partial charge in [-0.2, -0.15) is 0 Å². The lowest BCUT2D eigenvalue weighted by Crippen LogP contribution is -2.40. The van der Waals surface area contributed by atoms with Gasteiger partial charge in [0.2, 0.25) is 5.89 Å². The first-order valence-corrected chi connectivity index (χ1v) is 8.81. The number of aliphatic imine (C=N–C) groups is 1. The molecular weight excluding hydrogens is 446 g/mol. The molecule has 1 heterocycles. The first kappa shape index (κ1) is 22.4. The highest BCUT2D eigenvalue weighted by atomic mass is 127. The van der Waals surface area contributed by atoms with E-state index >= 15 is 0 Å². The number of rotatable bonds is 8. The summed E-state index contributed by atoms with van der Waals surface area (Å²) in [6, 6.07) is 6.12. The van der Waals surface area contributed by atoms with E-state index < -0.39 is 0 Å². The van der Waals surface area contributed by atoms with Gasteiger partial charge in [-0.05, 0) is 30.2 Å². The fourth-order valence-electron chi connectivity index (χ4n) is 2.49. The summed E-state index contributed by atoms with van der Waals surface area (Å²) in [6.45, 7) is 6.04. The highest BCUT2D eigenvalue weighted by Gasteiger charge is 2.08. The number of nitrogens with one attached hydrogen (secondary N) is 2. The number of nitrogens with zero attached hydrogens (tertiary/aromatic N) is 2. The van der Waals surface area contributed by atoms with Gasteiger partial charge in [0.1, 0.15) is 12.1 Å². The minimum atomic E-state index is -0.271. The molecule has 0 fully saturated rings. The number of halogens is 2. The fraction of sp³-hybridized carbons (Fsp3) is 0.474. The third-order valence-electron chi connectivity index (χ3n) is 4.25. The monoisotopic (exact) mass is 474 g/mol. The molecule has 0 atom stereocenters. The summed E-state index contributed by atoms with van der Waals surface area (Å²) in [7, 11) is 1.77. The van der Waals surface area contributed by atoms with Gasteiger partial charge < -0.3 is 15.1 Å². The van der Waals surface area contributed by atoms with Crippen molar-refractivity contribution in [3.05, 3.63) is 42.0 Å². The zero-order valence-corrected chi connectivity index (χ0v) is 17.9. The Kier molecular flexibility index (Phi) is 10.2. The van der Waals surface area contributed by atoms with Gasteiger partial charge in [-0.15, -0.1) is 24.0 Å². The van der Waals surface area contributed by atoms with Crippen LogP contribution in [0.1, 0.15) is 32.4 Å². The second-order valence-electron chi connectivity index (χ2n) is 5.96. The zero-order chi connectivity index (χ0) is 18.1. The van der Waals surface area contributed by atoms with Crippen LogP contribution in [0.2, 0.25) is 0 Å². The minimum absolute atomic E-state index is 0. The largest absolute Gasteiger partial charge is 0.444 e. The standard InChI is InChI=1S/C19H27FN4O.HI/c1-4-14(5-2)12-23-19(21-3)22-11-10-17-13-25-18(24-17)15-6-8-16(20)9-7-15;/h6-9,13-14H,4-5,10-12H2,1-3H3,(H2,21,22,23);1H. The maximum absolute atomic E-state index is 13.0. The van der Waals surface area contributed by atoms with Crippen molar-refractivity contribution in [2.75, 3.05) is 20.1 Å². The zero-order valence-electron chi connectivity index (χ0n) is 15.6. The number of hydrogen-bond acceptors (Lipinski definition) is 3. The van der Waals surface area contributed by atoms with E-state index in [0.717, 1.165) is 43.0 Å². The summed E-state index contributed by atoms with van der Waals surface area (Å²) >= 11 is 0. The van der Waals surface area contributed by atoms with Crippen LogP contribution in [0.4, 0.5) is 4.39 Å². The second-order valence-corrected chi connectivity index (χ2v) is 5.96. The van der Waals surface area contributed by atoms with Crippen molar-refractivity contribution in [2.45, 2.75) is 33.1 Å². The third kappa shape index (κ3) is 6.93. The molecule has 0 saturated carbocycles. The molecular formula is C19H28FIN4O. The Labute approximate surface area is 171 Å². The molecule has 0 aliphatic rings. The number of guanidine groups is 1. The smallest absolute Gasteiger partial charge is 0.226 e. The van der Waals surface area contributed by atoms with E-state index in [9.17, 15) is 4.39 Å². The van der Waals surface area contributed by atoms with Crippen LogP contribution in [0.15, 0.2) is 39.9 Å². The molecule has 0 radical (unpaired) electrons. The van der Waals surface area contributed by atoms with E-state index in [1.807, 2.05) is 0 Å². The summed E-state index contributed by atoms with van der Waals surface area (Å²) in [5.74, 6) is 1.69. The maximum atomic E-state index is 13.0. The topological polar surface area (TPSA) is 62.5 Å². The Balaban J connectivity index is 0.00000338. The van der Waals surface area contributed by atoms with Crippen molar-refractivity contribution in [1.29, 1.82) is 0 Å². The normalized spacial score (nSPS) is 11.3. The van der Waals surface area contributed by atoms with Crippen LogP contribution in [0.3, 0.4) is 0 Å². The predicted octanol–water partition coefficient (Wildman–Crippen LogP) is 4.24. The molecule has 0 saturated heterocycles. The Hall–Kier alpha value is -1.64. The van der Waals surface area contributed by atoms with Crippen LogP contribution in [0.5, 0.6) is 0 Å². The minimum Gasteiger partial charge on any atom is -0.444 e. The van der Waals surface area contributed by atoms with Crippen LogP contribution in [-0.4, -0.2) is 31.1 Å². The molecule has 0 bridgehead atoms. The van der Waals surface area contributed by atoms with E-state index in [4.69, 9.17) is 4.42 Å². The van der Waals surface area contributed by atoms with Crippen molar-refractivity contribution in [3.63, 3.8) is 0 Å². The lowest BCUT2D eigenvalue weighted by atomic mass is 10.0. The molecule has 0 amide bonds. The van der Waals surface area contributed by atoms with Gasteiger partial charge in [0.15, 0.2) is 5.96 Å². The number of benzene rings is 1. The van der Waals surface area contributed by atoms with E-state index in [-0.39, 0.29) is 29.8 Å². The molecule has 0 aliphatic carbocycles. The van der Waals surface area contributed by atoms with Crippen molar-refractivity contribution in [1.82, 2.24) is 15.6 Å². The Morgan fingerprint density at radius 3 is 2.50 bits per heavy atom. The van der Waals surface area contributed by atoms with Crippen LogP contribution in [0, 0.1) is 11.7 Å². The van der Waals surface area contributed by atoms with E-state index in [1.165, 1.54) is 12.1 Å². The summed E-state index contributed by atoms with van der Waals surface area (Å²) in [5.41, 5.74) is 1.62. The fourth-order valence-corrected chi connectivity index (χ4v) is 2.49. The maximum Gasteiger partial charge on any atom is 0.226 e. The molecule has 0 unspecified atom stereocenters. The third-order valence-corrected chi connectivity index (χ3v) is 4.25. The van der Waals surface area contributed by atoms with Gasteiger partial charge in [0.25, 0.3) is 0 Å². The van der Waals surface area contributed by atoms with Crippen molar-refractivity contribution in [2.24, 2.45) is 10.9 Å². The molecule has 144 valence electrons. The SMILES string of the molecule is CCC(CC)CNC(=NC)NCCc1coc(-c2ccc(F)cc2)n1.I. The van der Waals surface area contributed by atoms with E-state index in [2.05, 4.69) is 34.5 Å². The summed E-state index contributed by atoms with van der Waals surface area (Å²) in [6.07, 6.45) is 4.67. The predicted molar refractivity (Wildman–Crippen MR) is 114 cm³/mol. The van der Waals surface area contributed by atoms with Crippen molar-refractivity contribution >= 4 is 29.9 Å². The van der Waals surface area contributed by atoms with Gasteiger partial charge in [0.05, 0.1) is 5.69 Å². The summed E-state index contributed by atoms with van der Waals surface area (Å²) in [5, 5.41) is 6.64. The molecule has 2 aromatic rings. The Morgan fingerprint density at radius 2 is 1.88 bits per heavy atom. The molecule has 0 aliphatic heterocycles. The van der Waals surface area contributed by atoms with E-state index in [0.29, 0.717) is 18.4 Å². The molecule has 0 spiro atoms. The Morgan fingerprint density at radius 1 is 1.19 bits per heavy atom. The molecule has 26 heavy (non-hydrogen) atoms. The summed E-state index contributed by atoms with van der Waals surface area (Å²) in [4.78, 5) is 8.68. The van der Waals surface area contributed by atoms with E-state index in [1.54, 1.807) is 25.4 Å². The first-order valence-electron chi connectivity index (χ1n) is 8.81. The molecule has 2 rings (SSSR count). The highest BCUT2D eigenvalue weighted by Crippen LogP contribution is 2.18. The Bertz CT molecular complexity index is 668. The molecule has 7 heteroatoms. The molecule has 2 N–H and O–H groups in total. The lowest BCUT2D eigenvalue weighted by Gasteiger charge is -2.16.